The molecule has 0 bridgehead atoms. The fourth-order valence-electron chi connectivity index (χ4n) is 1.18. The third kappa shape index (κ3) is 3.20. The standard InChI is InChI=1S/C12H14FN/c1-3-10(2)14-9-8-11-6-4-5-7-12(11)13/h1,4-7,10,14H,8-9H2,2H3. The minimum atomic E-state index is -0.150. The Kier molecular flexibility index (Phi) is 4.15. The van der Waals surface area contributed by atoms with Crippen LogP contribution in [0.4, 0.5) is 4.39 Å². The van der Waals surface area contributed by atoms with E-state index >= 15 is 0 Å². The molecule has 0 aliphatic carbocycles. The first-order valence-electron chi connectivity index (χ1n) is 4.67. The van der Waals surface area contributed by atoms with Crippen molar-refractivity contribution in [1.29, 1.82) is 0 Å². The van der Waals surface area contributed by atoms with Crippen LogP contribution in [-0.4, -0.2) is 12.6 Å². The number of halogens is 1. The lowest BCUT2D eigenvalue weighted by atomic mass is 10.1. The van der Waals surface area contributed by atoms with E-state index in [9.17, 15) is 4.39 Å². The predicted octanol–water partition coefficient (Wildman–Crippen LogP) is 1.98. The smallest absolute Gasteiger partial charge is 0.126 e. The van der Waals surface area contributed by atoms with Crippen LogP contribution >= 0.6 is 0 Å². The monoisotopic (exact) mass is 191 g/mol. The molecule has 0 aliphatic rings. The number of benzene rings is 1. The average Bonchev–Trinajstić information content (AvgIpc) is 2.20. The van der Waals surface area contributed by atoms with Crippen LogP contribution in [0.5, 0.6) is 0 Å². The summed E-state index contributed by atoms with van der Waals surface area (Å²) in [5, 5.41) is 3.11. The second kappa shape index (κ2) is 5.41. The van der Waals surface area contributed by atoms with Gasteiger partial charge in [0.05, 0.1) is 6.04 Å². The van der Waals surface area contributed by atoms with E-state index in [1.165, 1.54) is 6.07 Å². The van der Waals surface area contributed by atoms with Crippen molar-refractivity contribution in [3.8, 4) is 12.3 Å². The summed E-state index contributed by atoms with van der Waals surface area (Å²) in [7, 11) is 0. The van der Waals surface area contributed by atoms with Gasteiger partial charge in [0, 0.05) is 6.54 Å². The van der Waals surface area contributed by atoms with E-state index in [0.717, 1.165) is 5.56 Å². The molecule has 0 heterocycles. The summed E-state index contributed by atoms with van der Waals surface area (Å²) in [4.78, 5) is 0. The normalized spacial score (nSPS) is 12.1. The molecule has 0 radical (unpaired) electrons. The Morgan fingerprint density at radius 3 is 2.86 bits per heavy atom. The summed E-state index contributed by atoms with van der Waals surface area (Å²) in [5.41, 5.74) is 0.726. The molecular formula is C12H14FN. The van der Waals surface area contributed by atoms with Gasteiger partial charge in [0.15, 0.2) is 0 Å². The van der Waals surface area contributed by atoms with Gasteiger partial charge in [-0.15, -0.1) is 6.42 Å². The van der Waals surface area contributed by atoms with Crippen molar-refractivity contribution in [3.63, 3.8) is 0 Å². The summed E-state index contributed by atoms with van der Waals surface area (Å²) in [6.45, 7) is 2.60. The van der Waals surface area contributed by atoms with Crippen molar-refractivity contribution in [1.82, 2.24) is 5.32 Å². The lowest BCUT2D eigenvalue weighted by molar-refractivity contribution is 0.591. The molecule has 1 atom stereocenters. The van der Waals surface area contributed by atoms with Crippen molar-refractivity contribution >= 4 is 0 Å². The molecule has 1 nitrogen and oxygen atoms in total. The number of nitrogens with one attached hydrogen (secondary N) is 1. The molecule has 0 aliphatic heterocycles. The molecule has 1 unspecified atom stereocenters. The number of hydrogen-bond donors (Lipinski definition) is 1. The Morgan fingerprint density at radius 1 is 1.50 bits per heavy atom. The van der Waals surface area contributed by atoms with Crippen molar-refractivity contribution < 1.29 is 4.39 Å². The van der Waals surface area contributed by atoms with Gasteiger partial charge < -0.3 is 5.32 Å². The predicted molar refractivity (Wildman–Crippen MR) is 56.4 cm³/mol. The molecule has 1 N–H and O–H groups in total. The van der Waals surface area contributed by atoms with E-state index in [0.29, 0.717) is 13.0 Å². The third-order valence-electron chi connectivity index (χ3n) is 2.05. The van der Waals surface area contributed by atoms with Gasteiger partial charge in [-0.1, -0.05) is 24.1 Å². The van der Waals surface area contributed by atoms with Crippen LogP contribution in [0.1, 0.15) is 12.5 Å². The van der Waals surface area contributed by atoms with Crippen LogP contribution in [0.15, 0.2) is 24.3 Å². The van der Waals surface area contributed by atoms with E-state index in [1.54, 1.807) is 12.1 Å². The molecule has 0 saturated carbocycles. The van der Waals surface area contributed by atoms with Gasteiger partial charge >= 0.3 is 0 Å². The minimum absolute atomic E-state index is 0.0433. The number of terminal acetylenes is 1. The van der Waals surface area contributed by atoms with Crippen molar-refractivity contribution in [2.45, 2.75) is 19.4 Å². The van der Waals surface area contributed by atoms with Crippen molar-refractivity contribution in [2.75, 3.05) is 6.54 Å². The zero-order valence-corrected chi connectivity index (χ0v) is 8.26. The summed E-state index contributed by atoms with van der Waals surface area (Å²) in [6.07, 6.45) is 5.86. The Bertz CT molecular complexity index is 327. The first-order valence-corrected chi connectivity index (χ1v) is 4.67. The first kappa shape index (κ1) is 10.7. The minimum Gasteiger partial charge on any atom is -0.304 e. The number of hydrogen-bond acceptors (Lipinski definition) is 1. The van der Waals surface area contributed by atoms with Crippen LogP contribution in [0.3, 0.4) is 0 Å². The Balaban J connectivity index is 2.40. The summed E-state index contributed by atoms with van der Waals surface area (Å²) < 4.78 is 13.1. The van der Waals surface area contributed by atoms with Gasteiger partial charge in [0.1, 0.15) is 5.82 Å². The lowest BCUT2D eigenvalue weighted by Gasteiger charge is -2.07. The quantitative estimate of drug-likeness (QED) is 0.717. The molecule has 0 aromatic heterocycles. The molecule has 1 aromatic rings. The average molecular weight is 191 g/mol. The van der Waals surface area contributed by atoms with Gasteiger partial charge in [-0.3, -0.25) is 0 Å². The van der Waals surface area contributed by atoms with E-state index in [2.05, 4.69) is 11.2 Å². The Morgan fingerprint density at radius 2 is 2.21 bits per heavy atom. The van der Waals surface area contributed by atoms with Crippen LogP contribution < -0.4 is 5.32 Å². The van der Waals surface area contributed by atoms with E-state index < -0.39 is 0 Å². The van der Waals surface area contributed by atoms with Gasteiger partial charge in [-0.05, 0) is 25.0 Å². The van der Waals surface area contributed by atoms with Gasteiger partial charge in [-0.2, -0.15) is 0 Å². The molecule has 14 heavy (non-hydrogen) atoms. The van der Waals surface area contributed by atoms with E-state index in [-0.39, 0.29) is 11.9 Å². The van der Waals surface area contributed by atoms with Crippen LogP contribution in [0.2, 0.25) is 0 Å². The summed E-state index contributed by atoms with van der Waals surface area (Å²) >= 11 is 0. The molecule has 0 fully saturated rings. The van der Waals surface area contributed by atoms with E-state index in [4.69, 9.17) is 6.42 Å². The Hall–Kier alpha value is -1.33. The molecule has 1 rings (SSSR count). The molecule has 1 aromatic carbocycles. The number of rotatable bonds is 4. The highest BCUT2D eigenvalue weighted by Crippen LogP contribution is 2.06. The summed E-state index contributed by atoms with van der Waals surface area (Å²) in [6, 6.07) is 6.83. The van der Waals surface area contributed by atoms with Crippen molar-refractivity contribution in [2.24, 2.45) is 0 Å². The highest BCUT2D eigenvalue weighted by molar-refractivity contribution is 5.17. The van der Waals surface area contributed by atoms with E-state index in [1.807, 2.05) is 13.0 Å². The first-order chi connectivity index (χ1) is 6.74. The third-order valence-corrected chi connectivity index (χ3v) is 2.05. The zero-order chi connectivity index (χ0) is 10.4. The van der Waals surface area contributed by atoms with Crippen molar-refractivity contribution in [3.05, 3.63) is 35.6 Å². The second-order valence-electron chi connectivity index (χ2n) is 3.18. The highest BCUT2D eigenvalue weighted by Gasteiger charge is 2.00. The maximum absolute atomic E-state index is 13.1. The van der Waals surface area contributed by atoms with Gasteiger partial charge in [-0.25, -0.2) is 4.39 Å². The topological polar surface area (TPSA) is 12.0 Å². The molecule has 2 heteroatoms. The molecular weight excluding hydrogens is 177 g/mol. The van der Waals surface area contributed by atoms with Gasteiger partial charge in [0.2, 0.25) is 0 Å². The Labute approximate surface area is 84.3 Å². The second-order valence-corrected chi connectivity index (χ2v) is 3.18. The molecule has 0 spiro atoms. The molecule has 74 valence electrons. The fraction of sp³-hybridized carbons (Fsp3) is 0.333. The maximum atomic E-state index is 13.1. The zero-order valence-electron chi connectivity index (χ0n) is 8.26. The highest BCUT2D eigenvalue weighted by atomic mass is 19.1. The summed E-state index contributed by atoms with van der Waals surface area (Å²) in [5.74, 6) is 2.41. The van der Waals surface area contributed by atoms with Gasteiger partial charge in [0.25, 0.3) is 0 Å². The van der Waals surface area contributed by atoms with Crippen LogP contribution in [0, 0.1) is 18.2 Å². The largest absolute Gasteiger partial charge is 0.304 e. The van der Waals surface area contributed by atoms with Crippen LogP contribution in [-0.2, 0) is 6.42 Å². The molecule has 0 saturated heterocycles. The molecule has 0 amide bonds. The maximum Gasteiger partial charge on any atom is 0.126 e. The SMILES string of the molecule is C#CC(C)NCCc1ccccc1F. The lowest BCUT2D eigenvalue weighted by Crippen LogP contribution is -2.26. The van der Waals surface area contributed by atoms with Crippen LogP contribution in [0.25, 0.3) is 0 Å². The fourth-order valence-corrected chi connectivity index (χ4v) is 1.18.